The molecule has 0 N–H and O–H groups in total. The van der Waals surface area contributed by atoms with Crippen LogP contribution in [0, 0.1) is 0 Å². The fourth-order valence-electron chi connectivity index (χ4n) is 2.46. The SMILES string of the molecule is O=C(c1ccccc1)N1CCC(Oc2ccccc2)C1. The summed E-state index contributed by atoms with van der Waals surface area (Å²) in [6.07, 6.45) is 0.970. The summed E-state index contributed by atoms with van der Waals surface area (Å²) in [6, 6.07) is 19.2. The van der Waals surface area contributed by atoms with Crippen LogP contribution >= 0.6 is 0 Å². The average molecular weight is 267 g/mol. The van der Waals surface area contributed by atoms with Gasteiger partial charge in [0.05, 0.1) is 6.54 Å². The smallest absolute Gasteiger partial charge is 0.253 e. The summed E-state index contributed by atoms with van der Waals surface area (Å²) < 4.78 is 5.90. The molecule has 1 amide bonds. The Hall–Kier alpha value is -2.29. The van der Waals surface area contributed by atoms with Gasteiger partial charge in [0.1, 0.15) is 11.9 Å². The number of hydrogen-bond acceptors (Lipinski definition) is 2. The second kappa shape index (κ2) is 5.78. The molecule has 0 bridgehead atoms. The number of amides is 1. The molecule has 0 spiro atoms. The van der Waals surface area contributed by atoms with Crippen LogP contribution in [0.3, 0.4) is 0 Å². The van der Waals surface area contributed by atoms with Gasteiger partial charge in [-0.25, -0.2) is 0 Å². The molecular formula is C17H17NO2. The van der Waals surface area contributed by atoms with E-state index in [0.717, 1.165) is 24.3 Å². The van der Waals surface area contributed by atoms with Gasteiger partial charge in [-0.05, 0) is 24.3 Å². The summed E-state index contributed by atoms with van der Waals surface area (Å²) in [7, 11) is 0. The van der Waals surface area contributed by atoms with Gasteiger partial charge in [0.15, 0.2) is 0 Å². The van der Waals surface area contributed by atoms with Gasteiger partial charge < -0.3 is 9.64 Å². The highest BCUT2D eigenvalue weighted by molar-refractivity contribution is 5.94. The molecule has 1 heterocycles. The molecule has 1 unspecified atom stereocenters. The normalized spacial score (nSPS) is 18.0. The number of nitrogens with zero attached hydrogens (tertiary/aromatic N) is 1. The van der Waals surface area contributed by atoms with Crippen LogP contribution in [0.4, 0.5) is 0 Å². The predicted octanol–water partition coefficient (Wildman–Crippen LogP) is 2.98. The van der Waals surface area contributed by atoms with E-state index in [2.05, 4.69) is 0 Å². The third kappa shape index (κ3) is 2.82. The Labute approximate surface area is 118 Å². The first-order chi connectivity index (χ1) is 9.83. The third-order valence-corrected chi connectivity index (χ3v) is 3.50. The maximum atomic E-state index is 12.3. The molecule has 1 aliphatic rings. The van der Waals surface area contributed by atoms with E-state index >= 15 is 0 Å². The van der Waals surface area contributed by atoms with E-state index in [9.17, 15) is 4.79 Å². The van der Waals surface area contributed by atoms with E-state index in [1.54, 1.807) is 0 Å². The lowest BCUT2D eigenvalue weighted by Gasteiger charge is -2.17. The monoisotopic (exact) mass is 267 g/mol. The van der Waals surface area contributed by atoms with Crippen molar-refractivity contribution >= 4 is 5.91 Å². The molecule has 1 aliphatic heterocycles. The topological polar surface area (TPSA) is 29.5 Å². The standard InChI is InChI=1S/C17H17NO2/c19-17(14-7-3-1-4-8-14)18-12-11-16(13-18)20-15-9-5-2-6-10-15/h1-10,16H,11-13H2. The third-order valence-electron chi connectivity index (χ3n) is 3.50. The Morgan fingerprint density at radius 1 is 1.00 bits per heavy atom. The Morgan fingerprint density at radius 3 is 2.35 bits per heavy atom. The van der Waals surface area contributed by atoms with E-state index in [-0.39, 0.29) is 12.0 Å². The first kappa shape index (κ1) is 12.7. The number of rotatable bonds is 3. The van der Waals surface area contributed by atoms with Crippen LogP contribution in [0.5, 0.6) is 5.75 Å². The van der Waals surface area contributed by atoms with E-state index in [0.29, 0.717) is 6.54 Å². The molecule has 0 aliphatic carbocycles. The minimum atomic E-state index is 0.0877. The zero-order valence-corrected chi connectivity index (χ0v) is 11.2. The summed E-state index contributed by atoms with van der Waals surface area (Å²) in [5.74, 6) is 0.955. The highest BCUT2D eigenvalue weighted by Crippen LogP contribution is 2.19. The van der Waals surface area contributed by atoms with Crippen LogP contribution < -0.4 is 4.74 Å². The number of benzene rings is 2. The zero-order chi connectivity index (χ0) is 13.8. The van der Waals surface area contributed by atoms with Crippen LogP contribution in [0.15, 0.2) is 60.7 Å². The predicted molar refractivity (Wildman–Crippen MR) is 77.8 cm³/mol. The van der Waals surface area contributed by atoms with E-state index in [4.69, 9.17) is 4.74 Å². The number of hydrogen-bond donors (Lipinski definition) is 0. The molecule has 0 aromatic heterocycles. The van der Waals surface area contributed by atoms with Crippen molar-refractivity contribution in [3.63, 3.8) is 0 Å². The maximum absolute atomic E-state index is 12.3. The Bertz CT molecular complexity index is 568. The van der Waals surface area contributed by atoms with Gasteiger partial charge in [-0.2, -0.15) is 0 Å². The molecule has 3 rings (SSSR count). The fraction of sp³-hybridized carbons (Fsp3) is 0.235. The number of carbonyl (C=O) groups is 1. The Kier molecular flexibility index (Phi) is 3.68. The van der Waals surface area contributed by atoms with Crippen molar-refractivity contribution in [3.8, 4) is 5.75 Å². The van der Waals surface area contributed by atoms with Gasteiger partial charge in [-0.1, -0.05) is 36.4 Å². The molecule has 20 heavy (non-hydrogen) atoms. The highest BCUT2D eigenvalue weighted by atomic mass is 16.5. The van der Waals surface area contributed by atoms with Gasteiger partial charge in [0.25, 0.3) is 5.91 Å². The first-order valence-electron chi connectivity index (χ1n) is 6.89. The molecule has 2 aromatic rings. The molecule has 1 atom stereocenters. The van der Waals surface area contributed by atoms with Gasteiger partial charge in [-0.15, -0.1) is 0 Å². The van der Waals surface area contributed by atoms with Gasteiger partial charge >= 0.3 is 0 Å². The van der Waals surface area contributed by atoms with Crippen molar-refractivity contribution < 1.29 is 9.53 Å². The maximum Gasteiger partial charge on any atom is 0.253 e. The Balaban J connectivity index is 1.61. The highest BCUT2D eigenvalue weighted by Gasteiger charge is 2.28. The van der Waals surface area contributed by atoms with E-state index < -0.39 is 0 Å². The summed E-state index contributed by atoms with van der Waals surface area (Å²) in [5.41, 5.74) is 0.743. The molecule has 1 fully saturated rings. The van der Waals surface area contributed by atoms with Crippen LogP contribution in [0.1, 0.15) is 16.8 Å². The molecule has 3 heteroatoms. The number of para-hydroxylation sites is 1. The van der Waals surface area contributed by atoms with Crippen molar-refractivity contribution in [2.24, 2.45) is 0 Å². The van der Waals surface area contributed by atoms with Crippen molar-refractivity contribution in [2.75, 3.05) is 13.1 Å². The molecule has 3 nitrogen and oxygen atoms in total. The molecule has 2 aromatic carbocycles. The number of likely N-dealkylation sites (tertiary alicyclic amines) is 1. The molecule has 1 saturated heterocycles. The molecule has 102 valence electrons. The molecule has 0 saturated carbocycles. The minimum Gasteiger partial charge on any atom is -0.489 e. The van der Waals surface area contributed by atoms with Gasteiger partial charge in [-0.3, -0.25) is 4.79 Å². The first-order valence-corrected chi connectivity index (χ1v) is 6.89. The average Bonchev–Trinajstić information content (AvgIpc) is 2.97. The summed E-state index contributed by atoms with van der Waals surface area (Å²) in [5, 5.41) is 0. The zero-order valence-electron chi connectivity index (χ0n) is 11.2. The van der Waals surface area contributed by atoms with Crippen LogP contribution in [-0.2, 0) is 0 Å². The van der Waals surface area contributed by atoms with Crippen LogP contribution in [0.2, 0.25) is 0 Å². The van der Waals surface area contributed by atoms with Crippen molar-refractivity contribution in [1.29, 1.82) is 0 Å². The van der Waals surface area contributed by atoms with E-state index in [1.165, 1.54) is 0 Å². The van der Waals surface area contributed by atoms with Crippen molar-refractivity contribution in [2.45, 2.75) is 12.5 Å². The van der Waals surface area contributed by atoms with Gasteiger partial charge in [0, 0.05) is 18.5 Å². The summed E-state index contributed by atoms with van der Waals surface area (Å²) >= 11 is 0. The minimum absolute atomic E-state index is 0.0877. The number of carbonyl (C=O) groups excluding carboxylic acids is 1. The van der Waals surface area contributed by atoms with Gasteiger partial charge in [0.2, 0.25) is 0 Å². The largest absolute Gasteiger partial charge is 0.489 e. The summed E-state index contributed by atoms with van der Waals surface area (Å²) in [4.78, 5) is 14.2. The van der Waals surface area contributed by atoms with E-state index in [1.807, 2.05) is 65.6 Å². The van der Waals surface area contributed by atoms with Crippen LogP contribution in [0.25, 0.3) is 0 Å². The lowest BCUT2D eigenvalue weighted by atomic mass is 10.2. The number of ether oxygens (including phenoxy) is 1. The van der Waals surface area contributed by atoms with Crippen molar-refractivity contribution in [1.82, 2.24) is 4.90 Å². The molecular weight excluding hydrogens is 250 g/mol. The fourth-order valence-corrected chi connectivity index (χ4v) is 2.46. The summed E-state index contributed by atoms with van der Waals surface area (Å²) in [6.45, 7) is 1.41. The lowest BCUT2D eigenvalue weighted by molar-refractivity contribution is 0.0772. The van der Waals surface area contributed by atoms with Crippen LogP contribution in [-0.4, -0.2) is 30.0 Å². The second-order valence-electron chi connectivity index (χ2n) is 4.96. The second-order valence-corrected chi connectivity index (χ2v) is 4.96. The Morgan fingerprint density at radius 2 is 1.65 bits per heavy atom. The quantitative estimate of drug-likeness (QED) is 0.855. The van der Waals surface area contributed by atoms with Crippen molar-refractivity contribution in [3.05, 3.63) is 66.2 Å². The molecule has 0 radical (unpaired) electrons. The lowest BCUT2D eigenvalue weighted by Crippen LogP contribution is -2.30.